The van der Waals surface area contributed by atoms with Crippen LogP contribution in [0.25, 0.3) is 0 Å². The van der Waals surface area contributed by atoms with Crippen LogP contribution in [0.3, 0.4) is 0 Å². The van der Waals surface area contributed by atoms with Crippen molar-refractivity contribution in [3.8, 4) is 0 Å². The smallest absolute Gasteiger partial charge is 0.323 e. The van der Waals surface area contributed by atoms with Crippen molar-refractivity contribution in [3.63, 3.8) is 0 Å². The second-order valence-electron chi connectivity index (χ2n) is 5.97. The fraction of sp³-hybridized carbons (Fsp3) is 0.500. The van der Waals surface area contributed by atoms with E-state index in [2.05, 4.69) is 15.0 Å². The molecule has 0 aromatic carbocycles. The predicted octanol–water partition coefficient (Wildman–Crippen LogP) is 0.550. The van der Waals surface area contributed by atoms with Crippen LogP contribution in [-0.4, -0.2) is 62.7 Å². The molecular weight excluding hydrogens is 326 g/mol. The van der Waals surface area contributed by atoms with Crippen LogP contribution in [0.2, 0.25) is 0 Å². The number of oxazole rings is 1. The summed E-state index contributed by atoms with van der Waals surface area (Å²) in [6, 6.07) is 0. The summed E-state index contributed by atoms with van der Waals surface area (Å²) in [6.07, 6.45) is 2.65. The highest BCUT2D eigenvalue weighted by Gasteiger charge is 2.27. The number of aromatic amines is 2. The molecule has 3 rings (SSSR count). The Labute approximate surface area is 144 Å². The lowest BCUT2D eigenvalue weighted by atomic mass is 10.3. The number of nitrogens with zero attached hydrogens (tertiary/aromatic N) is 3. The third-order valence-electron chi connectivity index (χ3n) is 4.23. The number of aromatic nitrogens is 3. The Morgan fingerprint density at radius 1 is 1.20 bits per heavy atom. The van der Waals surface area contributed by atoms with Gasteiger partial charge in [-0.3, -0.25) is 9.59 Å². The first kappa shape index (κ1) is 17.0. The zero-order valence-corrected chi connectivity index (χ0v) is 14.3. The summed E-state index contributed by atoms with van der Waals surface area (Å²) < 4.78 is 5.54. The maximum absolute atomic E-state index is 12.7. The van der Waals surface area contributed by atoms with Crippen molar-refractivity contribution in [1.29, 1.82) is 0 Å². The minimum atomic E-state index is -0.414. The quantitative estimate of drug-likeness (QED) is 0.841. The molecule has 2 N–H and O–H groups in total. The fourth-order valence-corrected chi connectivity index (χ4v) is 2.89. The molecule has 1 aliphatic heterocycles. The van der Waals surface area contributed by atoms with E-state index in [4.69, 9.17) is 4.42 Å². The summed E-state index contributed by atoms with van der Waals surface area (Å²) in [4.78, 5) is 48.7. The van der Waals surface area contributed by atoms with E-state index in [1.807, 2.05) is 6.92 Å². The maximum Gasteiger partial charge on any atom is 0.323 e. The Morgan fingerprint density at radius 3 is 2.44 bits per heavy atom. The van der Waals surface area contributed by atoms with Gasteiger partial charge in [0.2, 0.25) is 5.76 Å². The number of nitrogens with one attached hydrogen (secondary N) is 2. The second kappa shape index (κ2) is 6.96. The molecule has 3 heterocycles. The Kier molecular flexibility index (Phi) is 4.73. The molecule has 0 bridgehead atoms. The van der Waals surface area contributed by atoms with Gasteiger partial charge in [-0.2, -0.15) is 0 Å². The number of H-pyrrole nitrogens is 2. The molecule has 2 aromatic rings. The van der Waals surface area contributed by atoms with E-state index in [1.54, 1.807) is 16.7 Å². The highest BCUT2D eigenvalue weighted by atomic mass is 16.4. The van der Waals surface area contributed by atoms with Crippen molar-refractivity contribution in [2.45, 2.75) is 26.7 Å². The zero-order chi connectivity index (χ0) is 18.0. The number of hydrogen-bond donors (Lipinski definition) is 2. The van der Waals surface area contributed by atoms with Gasteiger partial charge < -0.3 is 24.2 Å². The van der Waals surface area contributed by atoms with Gasteiger partial charge in [0.1, 0.15) is 5.69 Å². The molecule has 0 aliphatic carbocycles. The molecule has 1 aliphatic rings. The first-order valence-corrected chi connectivity index (χ1v) is 8.32. The third-order valence-corrected chi connectivity index (χ3v) is 4.23. The molecule has 0 radical (unpaired) electrons. The summed E-state index contributed by atoms with van der Waals surface area (Å²) in [5.74, 6) is 0.362. The Morgan fingerprint density at radius 2 is 1.88 bits per heavy atom. The first-order chi connectivity index (χ1) is 12.0. The highest BCUT2D eigenvalue weighted by molar-refractivity contribution is 5.93. The van der Waals surface area contributed by atoms with Crippen LogP contribution in [0, 0.1) is 6.92 Å². The lowest BCUT2D eigenvalue weighted by Gasteiger charge is -2.21. The van der Waals surface area contributed by atoms with Crippen molar-refractivity contribution in [1.82, 2.24) is 24.8 Å². The molecule has 0 spiro atoms. The van der Waals surface area contributed by atoms with Crippen LogP contribution in [-0.2, 0) is 6.42 Å². The monoisotopic (exact) mass is 347 g/mol. The molecule has 134 valence electrons. The number of amides is 2. The number of carbonyl (C=O) groups is 2. The lowest BCUT2D eigenvalue weighted by molar-refractivity contribution is 0.0696. The number of rotatable bonds is 3. The molecule has 1 fully saturated rings. The van der Waals surface area contributed by atoms with E-state index in [-0.39, 0.29) is 23.3 Å². The highest BCUT2D eigenvalue weighted by Crippen LogP contribution is 2.15. The van der Waals surface area contributed by atoms with Crippen LogP contribution in [0.1, 0.15) is 46.0 Å². The summed E-state index contributed by atoms with van der Waals surface area (Å²) in [6.45, 7) is 5.53. The topological polar surface area (TPSA) is 115 Å². The molecule has 2 amide bonds. The maximum atomic E-state index is 12.7. The van der Waals surface area contributed by atoms with Crippen molar-refractivity contribution in [2.24, 2.45) is 0 Å². The standard InChI is InChI=1S/C16H21N5O4/c1-3-12-18-10(2)13(25-12)15(23)21-6-4-5-20(7-8-21)14(22)11-9-17-16(24)19-11/h9H,3-8H2,1-2H3,(H2,17,19,24). The number of carbonyl (C=O) groups excluding carboxylic acids is 2. The summed E-state index contributed by atoms with van der Waals surface area (Å²) in [5, 5.41) is 0. The number of hydrogen-bond acceptors (Lipinski definition) is 5. The van der Waals surface area contributed by atoms with Gasteiger partial charge in [-0.1, -0.05) is 6.92 Å². The molecule has 0 unspecified atom stereocenters. The minimum absolute atomic E-state index is 0.200. The number of imidazole rings is 1. The van der Waals surface area contributed by atoms with E-state index in [0.29, 0.717) is 50.6 Å². The SMILES string of the molecule is CCc1nc(C)c(C(=O)N2CCCN(C(=O)c3c[nH]c(=O)[nH]3)CC2)o1. The average Bonchev–Trinajstić information content (AvgIpc) is 3.11. The largest absolute Gasteiger partial charge is 0.435 e. The summed E-state index contributed by atoms with van der Waals surface area (Å²) in [5.41, 5.74) is 0.398. The van der Waals surface area contributed by atoms with Gasteiger partial charge in [0, 0.05) is 38.8 Å². The molecule has 2 aromatic heterocycles. The van der Waals surface area contributed by atoms with E-state index >= 15 is 0 Å². The normalized spacial score (nSPS) is 15.3. The first-order valence-electron chi connectivity index (χ1n) is 8.32. The average molecular weight is 347 g/mol. The number of aryl methyl sites for hydroxylation is 2. The molecule has 9 heteroatoms. The van der Waals surface area contributed by atoms with E-state index in [9.17, 15) is 14.4 Å². The van der Waals surface area contributed by atoms with Crippen molar-refractivity contribution < 1.29 is 14.0 Å². The predicted molar refractivity (Wildman–Crippen MR) is 88.5 cm³/mol. The minimum Gasteiger partial charge on any atom is -0.435 e. The van der Waals surface area contributed by atoms with Crippen LogP contribution in [0.4, 0.5) is 0 Å². The Hall–Kier alpha value is -2.84. The lowest BCUT2D eigenvalue weighted by Crippen LogP contribution is -2.37. The molecule has 25 heavy (non-hydrogen) atoms. The van der Waals surface area contributed by atoms with Gasteiger partial charge >= 0.3 is 5.69 Å². The van der Waals surface area contributed by atoms with Gasteiger partial charge in [-0.15, -0.1) is 0 Å². The third kappa shape index (κ3) is 3.49. The van der Waals surface area contributed by atoms with E-state index < -0.39 is 5.69 Å². The second-order valence-corrected chi connectivity index (χ2v) is 5.97. The molecule has 0 atom stereocenters. The molecule has 1 saturated heterocycles. The fourth-order valence-electron chi connectivity index (χ4n) is 2.89. The Balaban J connectivity index is 1.68. The molecule has 9 nitrogen and oxygen atoms in total. The zero-order valence-electron chi connectivity index (χ0n) is 14.3. The van der Waals surface area contributed by atoms with Gasteiger partial charge in [0.25, 0.3) is 11.8 Å². The Bertz CT molecular complexity index is 834. The van der Waals surface area contributed by atoms with Crippen LogP contribution in [0.5, 0.6) is 0 Å². The summed E-state index contributed by atoms with van der Waals surface area (Å²) >= 11 is 0. The van der Waals surface area contributed by atoms with Crippen molar-refractivity contribution in [3.05, 3.63) is 39.7 Å². The van der Waals surface area contributed by atoms with Crippen LogP contribution in [0.15, 0.2) is 15.4 Å². The van der Waals surface area contributed by atoms with Gasteiger partial charge in [-0.25, -0.2) is 9.78 Å². The molecule has 0 saturated carbocycles. The molecular formula is C16H21N5O4. The van der Waals surface area contributed by atoms with Gasteiger partial charge in [-0.05, 0) is 13.3 Å². The van der Waals surface area contributed by atoms with Crippen molar-refractivity contribution >= 4 is 11.8 Å². The van der Waals surface area contributed by atoms with Crippen molar-refractivity contribution in [2.75, 3.05) is 26.2 Å². The van der Waals surface area contributed by atoms with Gasteiger partial charge in [0.05, 0.1) is 5.69 Å². The van der Waals surface area contributed by atoms with E-state index in [1.165, 1.54) is 6.20 Å². The van der Waals surface area contributed by atoms with Gasteiger partial charge in [0.15, 0.2) is 5.89 Å². The van der Waals surface area contributed by atoms with Crippen LogP contribution >= 0.6 is 0 Å². The van der Waals surface area contributed by atoms with Crippen LogP contribution < -0.4 is 5.69 Å². The summed E-state index contributed by atoms with van der Waals surface area (Å²) in [7, 11) is 0. The van der Waals surface area contributed by atoms with E-state index in [0.717, 1.165) is 0 Å².